The molecule has 0 aliphatic carbocycles. The van der Waals surface area contributed by atoms with Gasteiger partial charge in [0, 0.05) is 18.8 Å². The zero-order valence-electron chi connectivity index (χ0n) is 10.4. The summed E-state index contributed by atoms with van der Waals surface area (Å²) < 4.78 is 0. The van der Waals surface area contributed by atoms with Crippen LogP contribution >= 0.6 is 0 Å². The van der Waals surface area contributed by atoms with Crippen LogP contribution < -0.4 is 0 Å². The molecule has 3 heterocycles. The predicted molar refractivity (Wildman–Crippen MR) is 69.2 cm³/mol. The predicted octanol–water partition coefficient (Wildman–Crippen LogP) is 1.56. The molecule has 0 amide bonds. The molecule has 0 fully saturated rings. The summed E-state index contributed by atoms with van der Waals surface area (Å²) in [4.78, 5) is 8.69. The van der Waals surface area contributed by atoms with Gasteiger partial charge < -0.3 is 0 Å². The van der Waals surface area contributed by atoms with E-state index >= 15 is 0 Å². The fourth-order valence-corrected chi connectivity index (χ4v) is 1.84. The zero-order valence-corrected chi connectivity index (χ0v) is 10.4. The lowest BCUT2D eigenvalue weighted by Gasteiger charge is -2.03. The summed E-state index contributed by atoms with van der Waals surface area (Å²) >= 11 is 0. The molecule has 3 aromatic heterocycles. The Bertz CT molecular complexity index is 677. The lowest BCUT2D eigenvalue weighted by atomic mass is 10.1. The van der Waals surface area contributed by atoms with Crippen LogP contribution in [0.5, 0.6) is 0 Å². The third-order valence-electron chi connectivity index (χ3n) is 2.75. The van der Waals surface area contributed by atoms with Crippen LogP contribution in [0, 0.1) is 6.92 Å². The number of aromatic nitrogens is 6. The summed E-state index contributed by atoms with van der Waals surface area (Å²) in [6.45, 7) is 2.04. The Morgan fingerprint density at radius 1 is 1.05 bits per heavy atom. The second kappa shape index (κ2) is 4.93. The molecule has 0 aromatic carbocycles. The molecule has 0 unspecified atom stereocenters. The Labute approximate surface area is 109 Å². The van der Waals surface area contributed by atoms with Crippen LogP contribution in [0.4, 0.5) is 0 Å². The molecule has 3 rings (SSSR count). The van der Waals surface area contributed by atoms with E-state index in [4.69, 9.17) is 0 Å². The normalized spacial score (nSPS) is 10.6. The van der Waals surface area contributed by atoms with Crippen molar-refractivity contribution in [3.63, 3.8) is 0 Å². The van der Waals surface area contributed by atoms with Gasteiger partial charge >= 0.3 is 0 Å². The van der Waals surface area contributed by atoms with Crippen molar-refractivity contribution in [1.82, 2.24) is 30.6 Å². The van der Waals surface area contributed by atoms with Crippen LogP contribution in [0.25, 0.3) is 11.4 Å². The first kappa shape index (κ1) is 11.5. The zero-order chi connectivity index (χ0) is 13.1. The van der Waals surface area contributed by atoms with Crippen LogP contribution in [0.15, 0.2) is 36.7 Å². The lowest BCUT2D eigenvalue weighted by molar-refractivity contribution is 0.881. The Hall–Kier alpha value is -2.63. The highest BCUT2D eigenvalue weighted by atomic mass is 15.5. The van der Waals surface area contributed by atoms with Gasteiger partial charge in [-0.3, -0.25) is 9.97 Å². The molecule has 0 spiro atoms. The number of H-pyrrole nitrogens is 1. The molecule has 0 saturated carbocycles. The summed E-state index contributed by atoms with van der Waals surface area (Å²) in [6.07, 6.45) is 4.19. The SMILES string of the molecule is Cc1ccnc(-c2cc(Cc3nn[nH]n3)ccn2)c1. The van der Waals surface area contributed by atoms with Gasteiger partial charge in [-0.2, -0.15) is 5.21 Å². The van der Waals surface area contributed by atoms with Crippen molar-refractivity contribution in [2.24, 2.45) is 0 Å². The number of aryl methyl sites for hydroxylation is 1. The second-order valence-corrected chi connectivity index (χ2v) is 4.27. The highest BCUT2D eigenvalue weighted by Crippen LogP contribution is 2.17. The van der Waals surface area contributed by atoms with E-state index in [1.165, 1.54) is 0 Å². The van der Waals surface area contributed by atoms with E-state index in [1.807, 2.05) is 31.2 Å². The van der Waals surface area contributed by atoms with E-state index in [2.05, 4.69) is 30.6 Å². The molecular weight excluding hydrogens is 240 g/mol. The maximum absolute atomic E-state index is 4.35. The third-order valence-corrected chi connectivity index (χ3v) is 2.75. The Balaban J connectivity index is 1.91. The summed E-state index contributed by atoms with van der Waals surface area (Å²) in [6, 6.07) is 7.92. The number of nitrogens with zero attached hydrogens (tertiary/aromatic N) is 5. The molecule has 6 heteroatoms. The maximum Gasteiger partial charge on any atom is 0.178 e. The van der Waals surface area contributed by atoms with Gasteiger partial charge in [0.15, 0.2) is 5.82 Å². The third kappa shape index (κ3) is 2.62. The minimum Gasteiger partial charge on any atom is -0.255 e. The van der Waals surface area contributed by atoms with Gasteiger partial charge in [-0.25, -0.2) is 0 Å². The number of nitrogens with one attached hydrogen (secondary N) is 1. The van der Waals surface area contributed by atoms with Crippen LogP contribution in [0.1, 0.15) is 17.0 Å². The van der Waals surface area contributed by atoms with E-state index in [9.17, 15) is 0 Å². The Morgan fingerprint density at radius 2 is 1.84 bits per heavy atom. The van der Waals surface area contributed by atoms with Crippen LogP contribution in [0.2, 0.25) is 0 Å². The van der Waals surface area contributed by atoms with Gasteiger partial charge in [0.1, 0.15) is 0 Å². The van der Waals surface area contributed by atoms with Crippen LogP contribution in [0.3, 0.4) is 0 Å². The molecule has 0 atom stereocenters. The molecule has 0 radical (unpaired) electrons. The number of aromatic amines is 1. The number of hydrogen-bond acceptors (Lipinski definition) is 5. The maximum atomic E-state index is 4.35. The fraction of sp³-hybridized carbons (Fsp3) is 0.154. The summed E-state index contributed by atoms with van der Waals surface area (Å²) in [7, 11) is 0. The van der Waals surface area contributed by atoms with Gasteiger partial charge in [-0.05, 0) is 42.3 Å². The smallest absolute Gasteiger partial charge is 0.178 e. The van der Waals surface area contributed by atoms with E-state index in [1.54, 1.807) is 12.4 Å². The molecule has 1 N–H and O–H groups in total. The van der Waals surface area contributed by atoms with Crippen molar-refractivity contribution in [3.05, 3.63) is 53.6 Å². The van der Waals surface area contributed by atoms with Gasteiger partial charge in [-0.1, -0.05) is 5.21 Å². The molecule has 0 saturated heterocycles. The minimum absolute atomic E-state index is 0.623. The van der Waals surface area contributed by atoms with Gasteiger partial charge in [0.25, 0.3) is 0 Å². The van der Waals surface area contributed by atoms with Crippen LogP contribution in [-0.2, 0) is 6.42 Å². The largest absolute Gasteiger partial charge is 0.255 e. The van der Waals surface area contributed by atoms with Gasteiger partial charge in [0.05, 0.1) is 11.4 Å². The van der Waals surface area contributed by atoms with E-state index in [-0.39, 0.29) is 0 Å². The van der Waals surface area contributed by atoms with Crippen molar-refractivity contribution >= 4 is 0 Å². The van der Waals surface area contributed by atoms with Crippen molar-refractivity contribution in [3.8, 4) is 11.4 Å². The topological polar surface area (TPSA) is 80.2 Å². The van der Waals surface area contributed by atoms with Crippen molar-refractivity contribution in [1.29, 1.82) is 0 Å². The summed E-state index contributed by atoms with van der Waals surface area (Å²) in [5.41, 5.74) is 3.96. The van der Waals surface area contributed by atoms with Gasteiger partial charge in [-0.15, -0.1) is 10.2 Å². The van der Waals surface area contributed by atoms with Gasteiger partial charge in [0.2, 0.25) is 0 Å². The van der Waals surface area contributed by atoms with E-state index < -0.39 is 0 Å². The number of tetrazole rings is 1. The van der Waals surface area contributed by atoms with E-state index in [0.29, 0.717) is 12.2 Å². The van der Waals surface area contributed by atoms with E-state index in [0.717, 1.165) is 22.5 Å². The monoisotopic (exact) mass is 252 g/mol. The van der Waals surface area contributed by atoms with Crippen LogP contribution in [-0.4, -0.2) is 30.6 Å². The molecule has 0 aliphatic heterocycles. The van der Waals surface area contributed by atoms with Crippen molar-refractivity contribution in [2.45, 2.75) is 13.3 Å². The molecule has 0 bridgehead atoms. The molecule has 0 aliphatic rings. The first-order valence-corrected chi connectivity index (χ1v) is 5.91. The number of pyridine rings is 2. The molecule has 94 valence electrons. The highest BCUT2D eigenvalue weighted by Gasteiger charge is 2.05. The Kier molecular flexibility index (Phi) is 2.97. The van der Waals surface area contributed by atoms with Crippen molar-refractivity contribution in [2.75, 3.05) is 0 Å². The van der Waals surface area contributed by atoms with Crippen molar-refractivity contribution < 1.29 is 0 Å². The molecule has 3 aromatic rings. The lowest BCUT2D eigenvalue weighted by Crippen LogP contribution is -1.94. The average molecular weight is 252 g/mol. The quantitative estimate of drug-likeness (QED) is 0.765. The average Bonchev–Trinajstić information content (AvgIpc) is 2.92. The minimum atomic E-state index is 0.623. The molecule has 19 heavy (non-hydrogen) atoms. The first-order valence-electron chi connectivity index (χ1n) is 5.91. The molecule has 6 nitrogen and oxygen atoms in total. The Morgan fingerprint density at radius 3 is 2.58 bits per heavy atom. The number of rotatable bonds is 3. The second-order valence-electron chi connectivity index (χ2n) is 4.27. The highest BCUT2D eigenvalue weighted by molar-refractivity contribution is 5.55. The first-order chi connectivity index (χ1) is 9.31. The molecular formula is C13H12N6. The number of hydrogen-bond donors (Lipinski definition) is 1. The summed E-state index contributed by atoms with van der Waals surface area (Å²) in [5.74, 6) is 0.661. The fourth-order valence-electron chi connectivity index (χ4n) is 1.84. The summed E-state index contributed by atoms with van der Waals surface area (Å²) in [5, 5.41) is 13.9. The standard InChI is InChI=1S/C13H12N6/c1-9-2-4-14-11(6-9)12-7-10(3-5-15-12)8-13-16-18-19-17-13/h2-7H,8H2,1H3,(H,16,17,18,19).